The van der Waals surface area contributed by atoms with Gasteiger partial charge in [0.2, 0.25) is 0 Å². The summed E-state index contributed by atoms with van der Waals surface area (Å²) < 4.78 is 2.20. The molecule has 0 N–H and O–H groups in total. The van der Waals surface area contributed by atoms with Crippen LogP contribution in [0.2, 0.25) is 0 Å². The molecule has 4 rings (SSSR count). The van der Waals surface area contributed by atoms with Gasteiger partial charge in [-0.2, -0.15) is 0 Å². The maximum absolute atomic E-state index is 12.5. The van der Waals surface area contributed by atoms with E-state index in [-0.39, 0.29) is 5.91 Å². The molecule has 0 fully saturated rings. The second-order valence-corrected chi connectivity index (χ2v) is 5.14. The second kappa shape index (κ2) is 4.70. The van der Waals surface area contributed by atoms with Gasteiger partial charge in [-0.1, -0.05) is 12.1 Å². The lowest BCUT2D eigenvalue weighted by Crippen LogP contribution is -2.38. The van der Waals surface area contributed by atoms with Gasteiger partial charge in [0, 0.05) is 25.5 Å². The van der Waals surface area contributed by atoms with Gasteiger partial charge in [0.25, 0.3) is 5.91 Å². The number of carbonyl (C=O) groups is 1. The van der Waals surface area contributed by atoms with E-state index >= 15 is 0 Å². The van der Waals surface area contributed by atoms with E-state index in [4.69, 9.17) is 0 Å². The van der Waals surface area contributed by atoms with Crippen LogP contribution in [-0.4, -0.2) is 31.9 Å². The molecule has 0 saturated heterocycles. The lowest BCUT2D eigenvalue weighted by Gasteiger charge is -2.28. The van der Waals surface area contributed by atoms with E-state index < -0.39 is 0 Å². The van der Waals surface area contributed by atoms with Gasteiger partial charge in [-0.3, -0.25) is 9.78 Å². The van der Waals surface area contributed by atoms with E-state index in [2.05, 4.69) is 20.6 Å². The average molecular weight is 278 g/mol. The van der Waals surface area contributed by atoms with Crippen LogP contribution in [0.1, 0.15) is 16.2 Å². The summed E-state index contributed by atoms with van der Waals surface area (Å²) in [5.41, 5.74) is 2.76. The van der Waals surface area contributed by atoms with Crippen LogP contribution in [-0.2, 0) is 13.1 Å². The molecule has 0 bridgehead atoms. The summed E-state index contributed by atoms with van der Waals surface area (Å²) in [5, 5.41) is 0. The number of hydrogen-bond donors (Lipinski definition) is 0. The van der Waals surface area contributed by atoms with Crippen LogP contribution < -0.4 is 0 Å². The molecule has 5 heteroatoms. The number of nitrogens with zero attached hydrogens (tertiary/aromatic N) is 4. The third-order valence-corrected chi connectivity index (χ3v) is 3.86. The van der Waals surface area contributed by atoms with Crippen LogP contribution in [0.4, 0.5) is 0 Å². The second-order valence-electron chi connectivity index (χ2n) is 5.14. The van der Waals surface area contributed by atoms with Crippen LogP contribution in [0, 0.1) is 0 Å². The molecule has 1 aromatic carbocycles. The summed E-state index contributed by atoms with van der Waals surface area (Å²) in [6, 6.07) is 11.7. The minimum Gasteiger partial charge on any atom is -0.329 e. The van der Waals surface area contributed by atoms with E-state index in [9.17, 15) is 4.79 Å². The number of rotatable bonds is 1. The highest BCUT2D eigenvalue weighted by Gasteiger charge is 2.24. The molecule has 21 heavy (non-hydrogen) atoms. The quantitative estimate of drug-likeness (QED) is 0.685. The predicted octanol–water partition coefficient (Wildman–Crippen LogP) is 2.09. The maximum Gasteiger partial charge on any atom is 0.255 e. The molecule has 0 spiro atoms. The Balaban J connectivity index is 1.66. The molecular formula is C16H14N4O. The van der Waals surface area contributed by atoms with Crippen molar-refractivity contribution in [3.8, 4) is 0 Å². The van der Waals surface area contributed by atoms with E-state index in [1.807, 2.05) is 23.1 Å². The van der Waals surface area contributed by atoms with Crippen molar-refractivity contribution in [1.29, 1.82) is 0 Å². The summed E-state index contributed by atoms with van der Waals surface area (Å²) in [6.45, 7) is 2.02. The van der Waals surface area contributed by atoms with Crippen LogP contribution in [0.5, 0.6) is 0 Å². The minimum absolute atomic E-state index is 0.0152. The summed E-state index contributed by atoms with van der Waals surface area (Å²) >= 11 is 0. The van der Waals surface area contributed by atoms with Crippen molar-refractivity contribution in [2.24, 2.45) is 0 Å². The smallest absolute Gasteiger partial charge is 0.255 e. The Labute approximate surface area is 121 Å². The first-order valence-electron chi connectivity index (χ1n) is 6.96. The molecule has 3 aromatic rings. The zero-order valence-electron chi connectivity index (χ0n) is 11.4. The molecule has 0 atom stereocenters. The fourth-order valence-corrected chi connectivity index (χ4v) is 2.81. The van der Waals surface area contributed by atoms with Crippen LogP contribution in [0.25, 0.3) is 11.0 Å². The Morgan fingerprint density at radius 1 is 1.10 bits per heavy atom. The minimum atomic E-state index is 0.0152. The van der Waals surface area contributed by atoms with Crippen LogP contribution in [0.15, 0.2) is 48.8 Å². The fraction of sp³-hybridized carbons (Fsp3) is 0.188. The number of benzene rings is 1. The SMILES string of the molecule is O=C(c1cccnc1)N1CCn2c(nc3ccccc32)C1. The molecular weight excluding hydrogens is 264 g/mol. The summed E-state index contributed by atoms with van der Waals surface area (Å²) in [7, 11) is 0. The molecule has 1 aliphatic rings. The number of carbonyl (C=O) groups excluding carboxylic acids is 1. The summed E-state index contributed by atoms with van der Waals surface area (Å²) in [6.07, 6.45) is 3.28. The molecule has 104 valence electrons. The molecule has 5 nitrogen and oxygen atoms in total. The third kappa shape index (κ3) is 1.98. The van der Waals surface area contributed by atoms with E-state index in [0.717, 1.165) is 23.4 Å². The zero-order valence-corrected chi connectivity index (χ0v) is 11.4. The van der Waals surface area contributed by atoms with Crippen molar-refractivity contribution in [2.75, 3.05) is 6.54 Å². The highest BCUT2D eigenvalue weighted by molar-refractivity contribution is 5.94. The lowest BCUT2D eigenvalue weighted by atomic mass is 10.2. The summed E-state index contributed by atoms with van der Waals surface area (Å²) in [5.74, 6) is 0.959. The fourth-order valence-electron chi connectivity index (χ4n) is 2.81. The van der Waals surface area contributed by atoms with E-state index in [1.165, 1.54) is 0 Å². The highest BCUT2D eigenvalue weighted by atomic mass is 16.2. The molecule has 0 radical (unpaired) electrons. The van der Waals surface area contributed by atoms with Crippen molar-refractivity contribution in [3.63, 3.8) is 0 Å². The van der Waals surface area contributed by atoms with Gasteiger partial charge in [0.1, 0.15) is 5.82 Å². The molecule has 0 saturated carbocycles. The number of pyridine rings is 1. The van der Waals surface area contributed by atoms with Gasteiger partial charge >= 0.3 is 0 Å². The first-order valence-corrected chi connectivity index (χ1v) is 6.96. The predicted molar refractivity (Wildman–Crippen MR) is 78.7 cm³/mol. The van der Waals surface area contributed by atoms with Crippen molar-refractivity contribution >= 4 is 16.9 Å². The Hall–Kier alpha value is -2.69. The Morgan fingerprint density at radius 3 is 2.86 bits per heavy atom. The molecule has 0 unspecified atom stereocenters. The zero-order chi connectivity index (χ0) is 14.2. The Kier molecular flexibility index (Phi) is 2.70. The van der Waals surface area contributed by atoms with Gasteiger partial charge in [0.05, 0.1) is 23.1 Å². The number of imidazole rings is 1. The molecule has 2 aromatic heterocycles. The number of fused-ring (bicyclic) bond motifs is 3. The third-order valence-electron chi connectivity index (χ3n) is 3.86. The Morgan fingerprint density at radius 2 is 2.00 bits per heavy atom. The number of hydrogen-bond acceptors (Lipinski definition) is 3. The highest BCUT2D eigenvalue weighted by Crippen LogP contribution is 2.21. The van der Waals surface area contributed by atoms with E-state index in [0.29, 0.717) is 18.7 Å². The first-order chi connectivity index (χ1) is 10.3. The van der Waals surface area contributed by atoms with Gasteiger partial charge in [-0.05, 0) is 24.3 Å². The van der Waals surface area contributed by atoms with Crippen molar-refractivity contribution in [2.45, 2.75) is 13.1 Å². The first kappa shape index (κ1) is 12.1. The topological polar surface area (TPSA) is 51.0 Å². The monoisotopic (exact) mass is 278 g/mol. The van der Waals surface area contributed by atoms with Gasteiger partial charge in [-0.25, -0.2) is 4.98 Å². The van der Waals surface area contributed by atoms with Crippen LogP contribution in [0.3, 0.4) is 0 Å². The molecule has 1 aliphatic heterocycles. The largest absolute Gasteiger partial charge is 0.329 e. The average Bonchev–Trinajstić information content (AvgIpc) is 2.92. The van der Waals surface area contributed by atoms with Gasteiger partial charge < -0.3 is 9.47 Å². The van der Waals surface area contributed by atoms with Crippen LogP contribution >= 0.6 is 0 Å². The lowest BCUT2D eigenvalue weighted by molar-refractivity contribution is 0.0708. The maximum atomic E-state index is 12.5. The van der Waals surface area contributed by atoms with Gasteiger partial charge in [0.15, 0.2) is 0 Å². The number of amides is 1. The number of para-hydroxylation sites is 2. The number of aromatic nitrogens is 3. The van der Waals surface area contributed by atoms with Crippen molar-refractivity contribution in [3.05, 3.63) is 60.2 Å². The van der Waals surface area contributed by atoms with E-state index in [1.54, 1.807) is 24.5 Å². The molecule has 0 aliphatic carbocycles. The normalized spacial score (nSPS) is 14.2. The van der Waals surface area contributed by atoms with Crippen molar-refractivity contribution < 1.29 is 4.79 Å². The molecule has 1 amide bonds. The summed E-state index contributed by atoms with van der Waals surface area (Å²) in [4.78, 5) is 22.9. The van der Waals surface area contributed by atoms with Crippen molar-refractivity contribution in [1.82, 2.24) is 19.4 Å². The standard InChI is InChI=1S/C16H14N4O/c21-16(12-4-3-7-17-10-12)19-8-9-20-14-6-2-1-5-13(14)18-15(20)11-19/h1-7,10H,8-9,11H2. The Bertz CT molecular complexity index is 810. The van der Waals surface area contributed by atoms with Gasteiger partial charge in [-0.15, -0.1) is 0 Å². The molecule has 3 heterocycles.